The lowest BCUT2D eigenvalue weighted by atomic mass is 10.2. The van der Waals surface area contributed by atoms with Crippen molar-refractivity contribution in [1.29, 1.82) is 0 Å². The van der Waals surface area contributed by atoms with Gasteiger partial charge in [-0.15, -0.1) is 3.45 Å². The summed E-state index contributed by atoms with van der Waals surface area (Å²) < 4.78 is 1.72. The number of carbonyl (C=O) groups is 3. The van der Waals surface area contributed by atoms with Crippen LogP contribution in [-0.4, -0.2) is 59.0 Å². The van der Waals surface area contributed by atoms with E-state index in [1.807, 2.05) is 6.26 Å². The second kappa shape index (κ2) is 14.6. The van der Waals surface area contributed by atoms with Crippen molar-refractivity contribution in [3.05, 3.63) is 0 Å². The van der Waals surface area contributed by atoms with Crippen LogP contribution < -0.4 is 5.73 Å². The molecule has 0 aliphatic heterocycles. The molecule has 0 aromatic carbocycles. The fourth-order valence-corrected chi connectivity index (χ4v) is 2.30. The highest BCUT2D eigenvalue weighted by Gasteiger charge is 2.21. The molecule has 0 fully saturated rings. The monoisotopic (exact) mass is 519 g/mol. The number of aliphatic carboxylic acids is 2. The van der Waals surface area contributed by atoms with E-state index in [9.17, 15) is 14.4 Å². The zero-order chi connectivity index (χ0) is 18.6. The Morgan fingerprint density at radius 2 is 1.70 bits per heavy atom. The van der Waals surface area contributed by atoms with Crippen LogP contribution in [0.25, 0.3) is 0 Å². The smallest absolute Gasteiger partial charge is 0.323 e. The van der Waals surface area contributed by atoms with Crippen molar-refractivity contribution < 1.29 is 24.6 Å². The minimum atomic E-state index is -1.13. The summed E-state index contributed by atoms with van der Waals surface area (Å²) in [6, 6.07) is -1.66. The van der Waals surface area contributed by atoms with E-state index in [1.54, 1.807) is 11.8 Å². The highest BCUT2D eigenvalue weighted by atomic mass is 79.9. The fraction of sp³-hybridized carbons (Fsp3) is 0.700. The van der Waals surface area contributed by atoms with Gasteiger partial charge in [0.25, 0.3) is 0 Å². The first-order valence-corrected chi connectivity index (χ1v) is 9.48. The summed E-state index contributed by atoms with van der Waals surface area (Å²) in [7, 11) is 0. The van der Waals surface area contributed by atoms with E-state index in [0.717, 1.165) is 9.20 Å². The Hall–Kier alpha value is 0.220. The standard InChI is InChI=1S/C5H8BrClN2O3.C5H9BrClNO2S/c6-9(7)4(10)2-1-3(8)5(11)12;1-11-3-2-4(5(9)10)8(6)7/h3H,1-2,8H2,(H,11,12);4H,2-3H2,1H3,(H,9,10). The van der Waals surface area contributed by atoms with Crippen LogP contribution in [0.4, 0.5) is 0 Å². The first kappa shape index (κ1) is 25.5. The number of thioether (sulfide) groups is 1. The third kappa shape index (κ3) is 14.3. The normalized spacial score (nSPS) is 12.8. The van der Waals surface area contributed by atoms with Crippen LogP contribution in [-0.2, 0) is 14.4 Å². The van der Waals surface area contributed by atoms with E-state index in [1.165, 1.54) is 0 Å². The van der Waals surface area contributed by atoms with Crippen molar-refractivity contribution in [2.45, 2.75) is 31.3 Å². The van der Waals surface area contributed by atoms with Crippen LogP contribution in [0.3, 0.4) is 0 Å². The molecule has 0 aliphatic rings. The molecule has 8 nitrogen and oxygen atoms in total. The Morgan fingerprint density at radius 1 is 1.17 bits per heavy atom. The molecule has 13 heteroatoms. The molecule has 0 spiro atoms. The largest absolute Gasteiger partial charge is 0.480 e. The number of hydrogen-bond acceptors (Lipinski definition) is 6. The molecule has 0 saturated heterocycles. The van der Waals surface area contributed by atoms with Gasteiger partial charge in [0, 0.05) is 34.3 Å². The molecule has 0 aromatic heterocycles. The molecular formula is C10H17Br2Cl2N3O5S. The number of nitrogens with zero attached hydrogens (tertiary/aromatic N) is 2. The average Bonchev–Trinajstić information content (AvgIpc) is 2.44. The van der Waals surface area contributed by atoms with Crippen molar-refractivity contribution in [2.24, 2.45) is 5.73 Å². The van der Waals surface area contributed by atoms with Gasteiger partial charge in [-0.2, -0.15) is 15.2 Å². The van der Waals surface area contributed by atoms with Crippen molar-refractivity contribution in [3.63, 3.8) is 0 Å². The molecule has 0 bridgehead atoms. The summed E-state index contributed by atoms with van der Waals surface area (Å²) in [5.41, 5.74) is 5.14. The number of halogens is 4. The predicted molar refractivity (Wildman–Crippen MR) is 97.5 cm³/mol. The van der Waals surface area contributed by atoms with Gasteiger partial charge in [0.05, 0.1) is 16.1 Å². The maximum atomic E-state index is 10.8. The van der Waals surface area contributed by atoms with Gasteiger partial charge >= 0.3 is 11.9 Å². The highest BCUT2D eigenvalue weighted by molar-refractivity contribution is 9.08. The molecule has 23 heavy (non-hydrogen) atoms. The summed E-state index contributed by atoms with van der Waals surface area (Å²) in [6.07, 6.45) is 2.53. The minimum absolute atomic E-state index is 0.00220. The lowest BCUT2D eigenvalue weighted by molar-refractivity contribution is -0.140. The maximum Gasteiger partial charge on any atom is 0.323 e. The van der Waals surface area contributed by atoms with Gasteiger partial charge in [-0.25, -0.2) is 0 Å². The van der Waals surface area contributed by atoms with Gasteiger partial charge in [0.2, 0.25) is 5.91 Å². The first-order chi connectivity index (χ1) is 10.5. The Kier molecular flexibility index (Phi) is 16.1. The van der Waals surface area contributed by atoms with Crippen molar-refractivity contribution >= 4 is 85.5 Å². The summed E-state index contributed by atoms with van der Waals surface area (Å²) in [4.78, 5) is 31.4. The predicted octanol–water partition coefficient (Wildman–Crippen LogP) is 2.43. The van der Waals surface area contributed by atoms with Gasteiger partial charge in [0.1, 0.15) is 12.1 Å². The summed E-state index contributed by atoms with van der Waals surface area (Å²) >= 11 is 17.8. The second-order valence-electron chi connectivity index (χ2n) is 4.00. The minimum Gasteiger partial charge on any atom is -0.480 e. The topological polar surface area (TPSA) is 124 Å². The Bertz CT molecular complexity index is 394. The van der Waals surface area contributed by atoms with Gasteiger partial charge in [-0.1, -0.05) is 0 Å². The Morgan fingerprint density at radius 3 is 2.00 bits per heavy atom. The number of hydrogen-bond donors (Lipinski definition) is 3. The number of rotatable bonds is 9. The molecule has 0 aliphatic carbocycles. The van der Waals surface area contributed by atoms with Crippen LogP contribution in [0.5, 0.6) is 0 Å². The lowest BCUT2D eigenvalue weighted by Crippen LogP contribution is -2.31. The molecule has 0 radical (unpaired) electrons. The first-order valence-electron chi connectivity index (χ1n) is 6.00. The number of carboxylic acid groups (broad SMARTS) is 2. The number of carbonyl (C=O) groups excluding carboxylic acids is 1. The van der Waals surface area contributed by atoms with E-state index in [4.69, 9.17) is 39.5 Å². The number of amides is 1. The van der Waals surface area contributed by atoms with Crippen molar-refractivity contribution in [1.82, 2.24) is 6.89 Å². The van der Waals surface area contributed by atoms with E-state index >= 15 is 0 Å². The van der Waals surface area contributed by atoms with E-state index < -0.39 is 29.9 Å². The SMILES string of the molecule is CSCCC(C(=O)O)N(Cl)Br.NC(CCC(=O)N(Cl)Br)C(=O)O. The molecule has 4 N–H and O–H groups in total. The van der Waals surface area contributed by atoms with Crippen molar-refractivity contribution in [2.75, 3.05) is 12.0 Å². The molecule has 0 rings (SSSR count). The van der Waals surface area contributed by atoms with Gasteiger partial charge in [0.15, 0.2) is 0 Å². The van der Waals surface area contributed by atoms with Crippen LogP contribution >= 0.6 is 67.6 Å². The van der Waals surface area contributed by atoms with E-state index in [0.29, 0.717) is 9.87 Å². The van der Waals surface area contributed by atoms with Gasteiger partial charge in [-0.05, 0) is 36.6 Å². The summed E-state index contributed by atoms with van der Waals surface area (Å²) in [5, 5.41) is 16.9. The molecule has 2 unspecified atom stereocenters. The lowest BCUT2D eigenvalue weighted by Gasteiger charge is -2.13. The molecule has 0 heterocycles. The molecular weight excluding hydrogens is 505 g/mol. The van der Waals surface area contributed by atoms with Gasteiger partial charge in [-0.3, -0.25) is 14.4 Å². The Labute approximate surface area is 165 Å². The van der Waals surface area contributed by atoms with Crippen LogP contribution in [0.1, 0.15) is 19.3 Å². The van der Waals surface area contributed by atoms with Crippen LogP contribution in [0.2, 0.25) is 0 Å². The van der Waals surface area contributed by atoms with E-state index in [-0.39, 0.29) is 12.8 Å². The molecule has 0 aromatic rings. The molecule has 136 valence electrons. The number of carboxylic acids is 2. The Balaban J connectivity index is 0. The summed E-state index contributed by atoms with van der Waals surface area (Å²) in [6.45, 7) is 0. The van der Waals surface area contributed by atoms with Crippen LogP contribution in [0.15, 0.2) is 0 Å². The summed E-state index contributed by atoms with van der Waals surface area (Å²) in [5.74, 6) is -1.68. The van der Waals surface area contributed by atoms with Crippen molar-refractivity contribution in [3.8, 4) is 0 Å². The van der Waals surface area contributed by atoms with Gasteiger partial charge < -0.3 is 15.9 Å². The average molecular weight is 522 g/mol. The molecule has 2 atom stereocenters. The maximum absolute atomic E-state index is 10.8. The fourth-order valence-electron chi connectivity index (χ4n) is 1.02. The zero-order valence-electron chi connectivity index (χ0n) is 12.0. The van der Waals surface area contributed by atoms with E-state index in [2.05, 4.69) is 32.3 Å². The third-order valence-electron chi connectivity index (χ3n) is 2.29. The molecule has 1 amide bonds. The quantitative estimate of drug-likeness (QED) is 0.395. The zero-order valence-corrected chi connectivity index (χ0v) is 17.5. The highest BCUT2D eigenvalue weighted by Crippen LogP contribution is 2.15. The second-order valence-corrected chi connectivity index (χ2v) is 7.98. The number of nitrogens with two attached hydrogens (primary N) is 1. The molecule has 0 saturated carbocycles. The van der Waals surface area contributed by atoms with Crippen LogP contribution in [0, 0.1) is 0 Å². The third-order valence-corrected chi connectivity index (χ3v) is 4.25.